The Morgan fingerprint density at radius 2 is 0.921 bits per heavy atom. The van der Waals surface area contributed by atoms with Crippen LogP contribution in [0.25, 0.3) is 35.4 Å². The molecule has 4 aromatic rings. The van der Waals surface area contributed by atoms with E-state index in [9.17, 15) is 0 Å². The first-order valence-corrected chi connectivity index (χ1v) is 16.1. The van der Waals surface area contributed by atoms with E-state index in [1.54, 1.807) is 0 Å². The lowest BCUT2D eigenvalue weighted by atomic mass is 9.95. The zero-order valence-electron chi connectivity index (χ0n) is 23.5. The van der Waals surface area contributed by atoms with Gasteiger partial charge in [-0.25, -0.2) is 0 Å². The van der Waals surface area contributed by atoms with E-state index in [0.29, 0.717) is 11.8 Å². The average Bonchev–Trinajstić information content (AvgIpc) is 3.63. The molecular formula is C36H42S2. The van der Waals surface area contributed by atoms with Gasteiger partial charge < -0.3 is 0 Å². The van der Waals surface area contributed by atoms with Crippen molar-refractivity contribution in [3.05, 3.63) is 103 Å². The summed E-state index contributed by atoms with van der Waals surface area (Å²) in [5, 5.41) is 4.48. The Morgan fingerprint density at radius 3 is 1.26 bits per heavy atom. The molecule has 0 bridgehead atoms. The second-order valence-corrected chi connectivity index (χ2v) is 12.1. The lowest BCUT2D eigenvalue weighted by Crippen LogP contribution is -1.95. The molecule has 4 rings (SSSR count). The maximum atomic E-state index is 2.31. The van der Waals surface area contributed by atoms with Crippen LogP contribution in [0.2, 0.25) is 0 Å². The van der Waals surface area contributed by atoms with Gasteiger partial charge in [0, 0.05) is 9.75 Å². The van der Waals surface area contributed by atoms with E-state index in [4.69, 9.17) is 0 Å². The van der Waals surface area contributed by atoms with Gasteiger partial charge in [0.15, 0.2) is 0 Å². The van der Waals surface area contributed by atoms with Crippen molar-refractivity contribution in [3.8, 4) is 11.1 Å². The molecule has 0 aliphatic carbocycles. The van der Waals surface area contributed by atoms with Crippen molar-refractivity contribution >= 4 is 47.0 Å². The summed E-state index contributed by atoms with van der Waals surface area (Å²) in [6.45, 7) is 9.19. The summed E-state index contributed by atoms with van der Waals surface area (Å²) in [5.74, 6) is 1.36. The second-order valence-electron chi connectivity index (χ2n) is 10.2. The molecule has 0 nitrogen and oxygen atoms in total. The molecule has 0 amide bonds. The molecule has 0 N–H and O–H groups in total. The van der Waals surface area contributed by atoms with Crippen molar-refractivity contribution in [2.75, 3.05) is 0 Å². The average molecular weight is 539 g/mol. The molecule has 0 fully saturated rings. The number of hydrogen-bond acceptors (Lipinski definition) is 2. The Kier molecular flexibility index (Phi) is 10.8. The Labute approximate surface area is 238 Å². The van der Waals surface area contributed by atoms with Gasteiger partial charge >= 0.3 is 0 Å². The van der Waals surface area contributed by atoms with Crippen LogP contribution >= 0.6 is 22.7 Å². The summed E-state index contributed by atoms with van der Waals surface area (Å²) in [4.78, 5) is 3.08. The third-order valence-corrected chi connectivity index (χ3v) is 9.71. The smallest absolute Gasteiger partial charge is 0.0148 e. The minimum Gasteiger partial charge on any atom is -0.148 e. The van der Waals surface area contributed by atoms with Gasteiger partial charge in [-0.3, -0.25) is 0 Å². The third kappa shape index (κ3) is 7.24. The number of hydrogen-bond donors (Lipinski definition) is 0. The lowest BCUT2D eigenvalue weighted by Gasteiger charge is -2.13. The maximum absolute atomic E-state index is 2.31. The summed E-state index contributed by atoms with van der Waals surface area (Å²) in [6, 6.07) is 22.4. The van der Waals surface area contributed by atoms with Gasteiger partial charge in [0.1, 0.15) is 0 Å². The maximum Gasteiger partial charge on any atom is 0.0148 e. The van der Waals surface area contributed by atoms with Crippen molar-refractivity contribution in [2.24, 2.45) is 0 Å². The summed E-state index contributed by atoms with van der Waals surface area (Å²) >= 11 is 3.82. The zero-order chi connectivity index (χ0) is 26.7. The van der Waals surface area contributed by atoms with Gasteiger partial charge in [0.2, 0.25) is 0 Å². The first kappa shape index (κ1) is 28.3. The van der Waals surface area contributed by atoms with E-state index in [0.717, 1.165) is 0 Å². The number of rotatable bonds is 13. The Hall–Kier alpha value is -2.68. The molecule has 2 heteroatoms. The van der Waals surface area contributed by atoms with Gasteiger partial charge in [-0.15, -0.1) is 22.7 Å². The molecule has 38 heavy (non-hydrogen) atoms. The van der Waals surface area contributed by atoms with Gasteiger partial charge in [0.25, 0.3) is 0 Å². The molecular weight excluding hydrogens is 497 g/mol. The fourth-order valence-corrected chi connectivity index (χ4v) is 7.51. The first-order chi connectivity index (χ1) is 18.7. The summed E-state index contributed by atoms with van der Waals surface area (Å²) in [5.41, 5.74) is 7.77. The van der Waals surface area contributed by atoms with E-state index < -0.39 is 0 Å². The highest BCUT2D eigenvalue weighted by atomic mass is 32.1. The molecule has 198 valence electrons. The van der Waals surface area contributed by atoms with Crippen LogP contribution < -0.4 is 0 Å². The minimum absolute atomic E-state index is 0.682. The molecule has 2 aromatic carbocycles. The predicted octanol–water partition coefficient (Wildman–Crippen LogP) is 12.4. The van der Waals surface area contributed by atoms with Crippen molar-refractivity contribution in [3.63, 3.8) is 0 Å². The number of benzene rings is 2. The largest absolute Gasteiger partial charge is 0.148 e. The van der Waals surface area contributed by atoms with Crippen LogP contribution in [0.15, 0.2) is 71.4 Å². The highest BCUT2D eigenvalue weighted by Crippen LogP contribution is 2.34. The quantitative estimate of drug-likeness (QED) is 0.159. The minimum atomic E-state index is 0.682. The van der Waals surface area contributed by atoms with Crippen molar-refractivity contribution in [2.45, 2.75) is 78.1 Å². The van der Waals surface area contributed by atoms with Gasteiger partial charge in [-0.05, 0) is 93.8 Å². The molecule has 2 heterocycles. The molecule has 2 aromatic heterocycles. The van der Waals surface area contributed by atoms with Crippen LogP contribution in [-0.2, 0) is 0 Å². The van der Waals surface area contributed by atoms with Crippen molar-refractivity contribution in [1.29, 1.82) is 0 Å². The van der Waals surface area contributed by atoms with Crippen LogP contribution in [0.3, 0.4) is 0 Å². The van der Waals surface area contributed by atoms with E-state index in [1.807, 2.05) is 22.7 Å². The Bertz CT molecular complexity index is 1190. The van der Waals surface area contributed by atoms with Crippen molar-refractivity contribution in [1.82, 2.24) is 0 Å². The summed E-state index contributed by atoms with van der Waals surface area (Å²) in [6.07, 6.45) is 16.6. The van der Waals surface area contributed by atoms with E-state index in [2.05, 4.69) is 123 Å². The Balaban J connectivity index is 1.41. The molecule has 0 spiro atoms. The van der Waals surface area contributed by atoms with Crippen LogP contribution in [0, 0.1) is 0 Å². The standard InChI is InChI=1S/C36H42S2/c1-5-9-29(7-3)35-33(23-25-37-35)21-15-27-11-17-31(18-12-27)32-19-13-28(14-20-32)16-22-34-24-26-38-36(34)30(8-4)10-6-2/h11-26,29-30H,5-10H2,1-4H3. The van der Waals surface area contributed by atoms with Crippen molar-refractivity contribution < 1.29 is 0 Å². The molecule has 0 radical (unpaired) electrons. The van der Waals surface area contributed by atoms with Crippen LogP contribution in [-0.4, -0.2) is 0 Å². The first-order valence-electron chi connectivity index (χ1n) is 14.4. The molecule has 2 unspecified atom stereocenters. The van der Waals surface area contributed by atoms with E-state index in [-0.39, 0.29) is 0 Å². The molecule has 0 saturated carbocycles. The normalized spacial score (nSPS) is 13.5. The fourth-order valence-electron chi connectivity index (χ4n) is 5.28. The SMILES string of the molecule is CCCC(CC)c1sccc1C=Cc1ccc(-c2ccc(C=Cc3ccsc3C(CC)CCC)cc2)cc1. The molecule has 0 saturated heterocycles. The summed E-state index contributed by atoms with van der Waals surface area (Å²) in [7, 11) is 0. The highest BCUT2D eigenvalue weighted by molar-refractivity contribution is 7.10. The van der Waals surface area contributed by atoms with Crippen LogP contribution in [0.4, 0.5) is 0 Å². The van der Waals surface area contributed by atoms with E-state index >= 15 is 0 Å². The van der Waals surface area contributed by atoms with Gasteiger partial charge in [-0.1, -0.05) is 113 Å². The Morgan fingerprint density at radius 1 is 0.526 bits per heavy atom. The van der Waals surface area contributed by atoms with Gasteiger partial charge in [0.05, 0.1) is 0 Å². The molecule has 2 atom stereocenters. The summed E-state index contributed by atoms with van der Waals surface area (Å²) < 4.78 is 0. The third-order valence-electron chi connectivity index (χ3n) is 7.52. The fraction of sp³-hybridized carbons (Fsp3) is 0.333. The topological polar surface area (TPSA) is 0 Å². The predicted molar refractivity (Wildman–Crippen MR) is 174 cm³/mol. The molecule has 0 aliphatic heterocycles. The highest BCUT2D eigenvalue weighted by Gasteiger charge is 2.14. The lowest BCUT2D eigenvalue weighted by molar-refractivity contribution is 0.604. The zero-order valence-corrected chi connectivity index (χ0v) is 25.1. The number of thiophene rings is 2. The van der Waals surface area contributed by atoms with E-state index in [1.165, 1.54) is 81.7 Å². The van der Waals surface area contributed by atoms with Crippen LogP contribution in [0.1, 0.15) is 110 Å². The second kappa shape index (κ2) is 14.5. The monoisotopic (exact) mass is 538 g/mol. The van der Waals surface area contributed by atoms with Crippen LogP contribution in [0.5, 0.6) is 0 Å². The molecule has 0 aliphatic rings. The van der Waals surface area contributed by atoms with Gasteiger partial charge in [-0.2, -0.15) is 0 Å².